The summed E-state index contributed by atoms with van der Waals surface area (Å²) in [5.74, 6) is 0.602. The summed E-state index contributed by atoms with van der Waals surface area (Å²) >= 11 is 12.1. The molecule has 8 nitrogen and oxygen atoms in total. The van der Waals surface area contributed by atoms with Crippen LogP contribution in [0.2, 0.25) is 10.0 Å². The van der Waals surface area contributed by atoms with Crippen molar-refractivity contribution in [3.05, 3.63) is 64.8 Å². The Bertz CT molecular complexity index is 1120. The second-order valence-corrected chi connectivity index (χ2v) is 9.65. The molecule has 0 atom stereocenters. The van der Waals surface area contributed by atoms with Crippen LogP contribution in [0.1, 0.15) is 0 Å². The van der Waals surface area contributed by atoms with Crippen molar-refractivity contribution in [2.75, 3.05) is 45.7 Å². The Balaban J connectivity index is 0.000000555. The van der Waals surface area contributed by atoms with Gasteiger partial charge < -0.3 is 9.47 Å². The van der Waals surface area contributed by atoms with Gasteiger partial charge in [0, 0.05) is 35.9 Å². The molecular formula is C22H25Cl2N3O5S. The lowest BCUT2D eigenvalue weighted by molar-refractivity contribution is 0.0320. The molecule has 0 unspecified atom stereocenters. The Kier molecular flexibility index (Phi) is 9.13. The van der Waals surface area contributed by atoms with Crippen LogP contribution in [0.15, 0.2) is 54.7 Å². The normalized spacial score (nSPS) is 14.4. The third-order valence-electron chi connectivity index (χ3n) is 4.68. The molecule has 33 heavy (non-hydrogen) atoms. The third kappa shape index (κ3) is 8.62. The zero-order chi connectivity index (χ0) is 23.8. The van der Waals surface area contributed by atoms with Crippen LogP contribution >= 0.6 is 23.2 Å². The second-order valence-electron chi connectivity index (χ2n) is 7.31. The number of morpholine rings is 1. The Morgan fingerprint density at radius 2 is 1.58 bits per heavy atom. The summed E-state index contributed by atoms with van der Waals surface area (Å²) in [7, 11) is -3.67. The summed E-state index contributed by atoms with van der Waals surface area (Å²) in [6.45, 7) is 4.84. The maximum atomic E-state index is 9.19. The highest BCUT2D eigenvalue weighted by Crippen LogP contribution is 2.31. The van der Waals surface area contributed by atoms with E-state index in [1.54, 1.807) is 0 Å². The smallest absolute Gasteiger partial charge is 0.261 e. The molecule has 1 aromatic heterocycles. The van der Waals surface area contributed by atoms with E-state index in [2.05, 4.69) is 10.00 Å². The maximum Gasteiger partial charge on any atom is 0.261 e. The third-order valence-corrected chi connectivity index (χ3v) is 5.18. The Hall–Kier alpha value is -2.14. The molecular weight excluding hydrogens is 489 g/mol. The fraction of sp³-hybridized carbons (Fsp3) is 0.318. The van der Waals surface area contributed by atoms with Crippen molar-refractivity contribution >= 4 is 33.3 Å². The predicted octanol–water partition coefficient (Wildman–Crippen LogP) is 4.06. The molecule has 0 spiro atoms. The van der Waals surface area contributed by atoms with Crippen molar-refractivity contribution in [1.29, 1.82) is 0 Å². The topological polar surface area (TPSA) is 93.9 Å². The number of ether oxygens (including phenoxy) is 2. The van der Waals surface area contributed by atoms with E-state index >= 15 is 0 Å². The Morgan fingerprint density at radius 1 is 1.03 bits per heavy atom. The number of halogens is 2. The first-order valence-corrected chi connectivity index (χ1v) is 12.8. The molecule has 1 N–H and O–H groups in total. The van der Waals surface area contributed by atoms with E-state index in [9.17, 15) is 8.42 Å². The molecule has 1 saturated heterocycles. The van der Waals surface area contributed by atoms with Gasteiger partial charge in [0.1, 0.15) is 6.61 Å². The molecule has 0 aliphatic carbocycles. The average molecular weight is 514 g/mol. The molecule has 2 heterocycles. The van der Waals surface area contributed by atoms with Gasteiger partial charge >= 0.3 is 0 Å². The monoisotopic (exact) mass is 513 g/mol. The number of aromatic nitrogens is 2. The molecule has 1 fully saturated rings. The minimum atomic E-state index is -3.67. The van der Waals surface area contributed by atoms with Gasteiger partial charge in [-0.15, -0.1) is 5.10 Å². The number of nitrogens with zero attached hydrogens (tertiary/aromatic N) is 3. The quantitative estimate of drug-likeness (QED) is 0.496. The summed E-state index contributed by atoms with van der Waals surface area (Å²) in [6, 6.07) is 15.2. The van der Waals surface area contributed by atoms with E-state index in [1.807, 2.05) is 59.4 Å². The van der Waals surface area contributed by atoms with Gasteiger partial charge in [-0.3, -0.25) is 9.45 Å². The lowest BCUT2D eigenvalue weighted by Gasteiger charge is -2.26. The number of hydrogen-bond acceptors (Lipinski definition) is 6. The van der Waals surface area contributed by atoms with Crippen LogP contribution in [0.3, 0.4) is 0 Å². The number of rotatable bonds is 6. The molecule has 0 amide bonds. The minimum absolute atomic E-state index is 0.568. The highest BCUT2D eigenvalue weighted by molar-refractivity contribution is 7.85. The van der Waals surface area contributed by atoms with Gasteiger partial charge in [-0.2, -0.15) is 8.42 Å². The summed E-state index contributed by atoms with van der Waals surface area (Å²) in [6.07, 6.45) is 2.68. The van der Waals surface area contributed by atoms with Gasteiger partial charge in [0.2, 0.25) is 5.88 Å². The minimum Gasteiger partial charge on any atom is -0.475 e. The number of benzene rings is 2. The predicted molar refractivity (Wildman–Crippen MR) is 129 cm³/mol. The zero-order valence-electron chi connectivity index (χ0n) is 18.0. The Labute approximate surface area is 203 Å². The van der Waals surface area contributed by atoms with Crippen LogP contribution in [0, 0.1) is 0 Å². The summed E-state index contributed by atoms with van der Waals surface area (Å²) in [5, 5.41) is 6.06. The van der Waals surface area contributed by atoms with Crippen LogP contribution in [-0.4, -0.2) is 73.4 Å². The summed E-state index contributed by atoms with van der Waals surface area (Å²) in [4.78, 5) is 2.33. The van der Waals surface area contributed by atoms with Gasteiger partial charge in [-0.05, 0) is 42.0 Å². The van der Waals surface area contributed by atoms with Gasteiger partial charge in [0.05, 0.1) is 30.7 Å². The fourth-order valence-electron chi connectivity index (χ4n) is 3.11. The van der Waals surface area contributed by atoms with Gasteiger partial charge in [0.25, 0.3) is 10.1 Å². The first kappa shape index (κ1) is 25.5. The summed E-state index contributed by atoms with van der Waals surface area (Å²) < 4.78 is 39.1. The van der Waals surface area contributed by atoms with Crippen molar-refractivity contribution in [1.82, 2.24) is 14.7 Å². The highest BCUT2D eigenvalue weighted by Gasteiger charge is 2.15. The molecule has 3 aromatic rings. The lowest BCUT2D eigenvalue weighted by Crippen LogP contribution is -2.38. The fourth-order valence-corrected chi connectivity index (χ4v) is 3.37. The first-order chi connectivity index (χ1) is 15.7. The van der Waals surface area contributed by atoms with Crippen LogP contribution in [0.4, 0.5) is 0 Å². The number of hydrogen-bond donors (Lipinski definition) is 1. The lowest BCUT2D eigenvalue weighted by atomic mass is 10.1. The van der Waals surface area contributed by atoms with Gasteiger partial charge in [0.15, 0.2) is 0 Å². The molecule has 0 bridgehead atoms. The van der Waals surface area contributed by atoms with E-state index < -0.39 is 10.1 Å². The molecule has 1 aliphatic heterocycles. The van der Waals surface area contributed by atoms with Crippen molar-refractivity contribution in [3.8, 4) is 22.7 Å². The highest BCUT2D eigenvalue weighted by atomic mass is 35.5. The largest absolute Gasteiger partial charge is 0.475 e. The first-order valence-electron chi connectivity index (χ1n) is 10.2. The van der Waals surface area contributed by atoms with Crippen LogP contribution in [0.25, 0.3) is 16.8 Å². The average Bonchev–Trinajstić information content (AvgIpc) is 3.18. The second kappa shape index (κ2) is 11.8. The van der Waals surface area contributed by atoms with Crippen LogP contribution in [-0.2, 0) is 14.9 Å². The van der Waals surface area contributed by atoms with E-state index in [0.29, 0.717) is 28.8 Å². The maximum absolute atomic E-state index is 9.19. The molecule has 1 aliphatic rings. The molecule has 2 aromatic carbocycles. The standard InChI is InChI=1S/C21H21Cl2N3O2.CH4O3S/c22-17-3-1-16(2-4-17)20-15-26(19-7-5-18(23)6-8-19)24-21(20)28-14-11-25-9-12-27-13-10-25;1-5(2,3)4/h1-8,15H,9-14H2;1H3,(H,2,3,4). The van der Waals surface area contributed by atoms with Crippen LogP contribution < -0.4 is 4.74 Å². The van der Waals surface area contributed by atoms with Crippen molar-refractivity contribution in [2.45, 2.75) is 0 Å². The van der Waals surface area contributed by atoms with Crippen molar-refractivity contribution in [3.63, 3.8) is 0 Å². The van der Waals surface area contributed by atoms with Gasteiger partial charge in [-0.25, -0.2) is 4.68 Å². The molecule has 4 rings (SSSR count). The SMILES string of the molecule is CS(=O)(=O)O.Clc1ccc(-c2cn(-c3ccc(Cl)cc3)nc2OCCN2CCOCC2)cc1. The van der Waals surface area contributed by atoms with Crippen molar-refractivity contribution < 1.29 is 22.4 Å². The van der Waals surface area contributed by atoms with E-state index in [0.717, 1.165) is 49.7 Å². The zero-order valence-corrected chi connectivity index (χ0v) is 20.4. The molecule has 0 radical (unpaired) electrons. The van der Waals surface area contributed by atoms with E-state index in [1.165, 1.54) is 0 Å². The van der Waals surface area contributed by atoms with E-state index in [4.69, 9.17) is 37.2 Å². The Morgan fingerprint density at radius 3 is 2.15 bits per heavy atom. The van der Waals surface area contributed by atoms with Crippen LogP contribution in [0.5, 0.6) is 5.88 Å². The van der Waals surface area contributed by atoms with E-state index in [-0.39, 0.29) is 0 Å². The molecule has 0 saturated carbocycles. The van der Waals surface area contributed by atoms with Gasteiger partial charge in [-0.1, -0.05) is 35.3 Å². The summed E-state index contributed by atoms with van der Waals surface area (Å²) in [5.41, 5.74) is 2.85. The molecule has 11 heteroatoms. The van der Waals surface area contributed by atoms with Crippen molar-refractivity contribution in [2.24, 2.45) is 0 Å². The molecule has 178 valence electrons.